The zero-order valence-corrected chi connectivity index (χ0v) is 12.2. The lowest BCUT2D eigenvalue weighted by atomic mass is 10.2. The van der Waals surface area contributed by atoms with Gasteiger partial charge in [0.1, 0.15) is 5.82 Å². The van der Waals surface area contributed by atoms with E-state index >= 15 is 0 Å². The fourth-order valence-corrected chi connectivity index (χ4v) is 2.74. The van der Waals surface area contributed by atoms with Crippen LogP contribution >= 0.6 is 12.2 Å². The average molecular weight is 290 g/mol. The van der Waals surface area contributed by atoms with Gasteiger partial charge in [-0.25, -0.2) is 4.39 Å². The first-order valence-corrected chi connectivity index (χ1v) is 6.88. The molecule has 1 N–H and O–H groups in total. The SMILES string of the molecule is CCc1nn(C)cc1Cn1c(=S)[nH]c2ccc(F)cc21. The number of hydrogen-bond donors (Lipinski definition) is 1. The molecule has 3 rings (SSSR count). The molecule has 0 atom stereocenters. The summed E-state index contributed by atoms with van der Waals surface area (Å²) in [6, 6.07) is 4.64. The van der Waals surface area contributed by atoms with Crippen molar-refractivity contribution >= 4 is 23.3 Å². The van der Waals surface area contributed by atoms with Crippen molar-refractivity contribution in [2.45, 2.75) is 19.9 Å². The topological polar surface area (TPSA) is 38.5 Å². The van der Waals surface area contributed by atoms with E-state index in [0.29, 0.717) is 11.3 Å². The number of aromatic nitrogens is 4. The van der Waals surface area contributed by atoms with Gasteiger partial charge >= 0.3 is 0 Å². The van der Waals surface area contributed by atoms with Gasteiger partial charge in [-0.1, -0.05) is 6.92 Å². The second-order valence-corrected chi connectivity index (χ2v) is 5.19. The summed E-state index contributed by atoms with van der Waals surface area (Å²) in [5.74, 6) is -0.262. The zero-order valence-electron chi connectivity index (χ0n) is 11.4. The molecule has 104 valence electrons. The highest BCUT2D eigenvalue weighted by molar-refractivity contribution is 7.71. The third-order valence-corrected chi connectivity index (χ3v) is 3.71. The van der Waals surface area contributed by atoms with E-state index in [1.165, 1.54) is 12.1 Å². The van der Waals surface area contributed by atoms with E-state index in [9.17, 15) is 4.39 Å². The maximum Gasteiger partial charge on any atom is 0.178 e. The summed E-state index contributed by atoms with van der Waals surface area (Å²) in [4.78, 5) is 3.10. The summed E-state index contributed by atoms with van der Waals surface area (Å²) in [5.41, 5.74) is 3.77. The molecule has 2 heterocycles. The molecular weight excluding hydrogens is 275 g/mol. The van der Waals surface area contributed by atoms with Gasteiger partial charge in [0.25, 0.3) is 0 Å². The second kappa shape index (κ2) is 4.86. The first-order valence-electron chi connectivity index (χ1n) is 6.48. The number of halogens is 1. The number of imidazole rings is 1. The quantitative estimate of drug-likeness (QED) is 0.752. The highest BCUT2D eigenvalue weighted by Gasteiger charge is 2.10. The Balaban J connectivity index is 2.12. The second-order valence-electron chi connectivity index (χ2n) is 4.81. The Morgan fingerprint density at radius 3 is 2.95 bits per heavy atom. The van der Waals surface area contributed by atoms with Crippen molar-refractivity contribution in [2.24, 2.45) is 7.05 Å². The van der Waals surface area contributed by atoms with E-state index in [4.69, 9.17) is 12.2 Å². The third kappa shape index (κ3) is 2.16. The number of benzene rings is 1. The minimum atomic E-state index is -0.262. The highest BCUT2D eigenvalue weighted by atomic mass is 32.1. The zero-order chi connectivity index (χ0) is 14.3. The van der Waals surface area contributed by atoms with E-state index in [1.807, 2.05) is 17.8 Å². The first-order chi connectivity index (χ1) is 9.58. The van der Waals surface area contributed by atoms with Gasteiger partial charge in [0.05, 0.1) is 23.3 Å². The first kappa shape index (κ1) is 13.1. The molecule has 0 radical (unpaired) electrons. The standard InChI is InChI=1S/C14H15FN4S/c1-3-11-9(7-18(2)17-11)8-19-13-6-10(15)4-5-12(13)16-14(19)20/h4-7H,3,8H2,1-2H3,(H,16,20). The molecule has 0 spiro atoms. The van der Waals surface area contributed by atoms with Gasteiger partial charge in [0.15, 0.2) is 4.77 Å². The van der Waals surface area contributed by atoms with Crippen molar-refractivity contribution in [3.8, 4) is 0 Å². The van der Waals surface area contributed by atoms with E-state index in [0.717, 1.165) is 28.7 Å². The number of rotatable bonds is 3. The predicted octanol–water partition coefficient (Wildman–Crippen LogP) is 3.18. The van der Waals surface area contributed by atoms with E-state index in [2.05, 4.69) is 17.0 Å². The van der Waals surface area contributed by atoms with Crippen molar-refractivity contribution < 1.29 is 4.39 Å². The molecule has 0 saturated carbocycles. The predicted molar refractivity (Wildman–Crippen MR) is 78.8 cm³/mol. The number of H-pyrrole nitrogens is 1. The summed E-state index contributed by atoms with van der Waals surface area (Å²) >= 11 is 5.34. The molecule has 20 heavy (non-hydrogen) atoms. The smallest absolute Gasteiger partial charge is 0.178 e. The Bertz CT molecular complexity index is 827. The number of aryl methyl sites for hydroxylation is 2. The molecule has 2 aromatic heterocycles. The number of nitrogens with zero attached hydrogens (tertiary/aromatic N) is 3. The molecular formula is C14H15FN4S. The van der Waals surface area contributed by atoms with Crippen molar-refractivity contribution in [1.82, 2.24) is 19.3 Å². The fourth-order valence-electron chi connectivity index (χ4n) is 2.47. The molecule has 0 fully saturated rings. The van der Waals surface area contributed by atoms with Crippen LogP contribution in [0.2, 0.25) is 0 Å². The van der Waals surface area contributed by atoms with Crippen LogP contribution in [-0.4, -0.2) is 19.3 Å². The average Bonchev–Trinajstić information content (AvgIpc) is 2.91. The van der Waals surface area contributed by atoms with Crippen molar-refractivity contribution in [1.29, 1.82) is 0 Å². The monoisotopic (exact) mass is 290 g/mol. The number of fused-ring (bicyclic) bond motifs is 1. The normalized spacial score (nSPS) is 11.3. The maximum absolute atomic E-state index is 13.4. The van der Waals surface area contributed by atoms with Crippen LogP contribution in [0.3, 0.4) is 0 Å². The Labute approximate surface area is 120 Å². The van der Waals surface area contributed by atoms with Crippen LogP contribution in [0.25, 0.3) is 11.0 Å². The Kier molecular flexibility index (Phi) is 3.17. The van der Waals surface area contributed by atoms with Gasteiger partial charge < -0.3 is 9.55 Å². The Morgan fingerprint density at radius 2 is 2.20 bits per heavy atom. The van der Waals surface area contributed by atoms with Gasteiger partial charge in [0.2, 0.25) is 0 Å². The van der Waals surface area contributed by atoms with Crippen LogP contribution in [0.1, 0.15) is 18.2 Å². The summed E-state index contributed by atoms with van der Waals surface area (Å²) in [6.07, 6.45) is 2.85. The molecule has 0 unspecified atom stereocenters. The van der Waals surface area contributed by atoms with Crippen molar-refractivity contribution in [2.75, 3.05) is 0 Å². The van der Waals surface area contributed by atoms with Gasteiger partial charge in [0, 0.05) is 18.8 Å². The molecule has 3 aromatic rings. The number of aromatic amines is 1. The number of nitrogens with one attached hydrogen (secondary N) is 1. The lowest BCUT2D eigenvalue weighted by Gasteiger charge is -2.04. The molecule has 6 heteroatoms. The van der Waals surface area contributed by atoms with Gasteiger partial charge in [-0.05, 0) is 36.8 Å². The highest BCUT2D eigenvalue weighted by Crippen LogP contribution is 2.18. The van der Waals surface area contributed by atoms with Gasteiger partial charge in [-0.2, -0.15) is 5.10 Å². The molecule has 1 aromatic carbocycles. The van der Waals surface area contributed by atoms with Crippen LogP contribution in [0.4, 0.5) is 4.39 Å². The third-order valence-electron chi connectivity index (χ3n) is 3.39. The van der Waals surface area contributed by atoms with Crippen LogP contribution < -0.4 is 0 Å². The molecule has 0 aliphatic heterocycles. The Morgan fingerprint density at radius 1 is 1.40 bits per heavy atom. The maximum atomic E-state index is 13.4. The van der Waals surface area contributed by atoms with Crippen LogP contribution in [0.5, 0.6) is 0 Å². The summed E-state index contributed by atoms with van der Waals surface area (Å²) in [6.45, 7) is 2.67. The molecule has 0 aliphatic rings. The van der Waals surface area contributed by atoms with Gasteiger partial charge in [-0.15, -0.1) is 0 Å². The summed E-state index contributed by atoms with van der Waals surface area (Å²) in [5, 5.41) is 4.42. The van der Waals surface area contributed by atoms with Crippen molar-refractivity contribution in [3.05, 3.63) is 46.2 Å². The summed E-state index contributed by atoms with van der Waals surface area (Å²) in [7, 11) is 1.90. The van der Waals surface area contributed by atoms with Crippen LogP contribution in [0, 0.1) is 10.6 Å². The largest absolute Gasteiger partial charge is 0.331 e. The van der Waals surface area contributed by atoms with Crippen molar-refractivity contribution in [3.63, 3.8) is 0 Å². The number of hydrogen-bond acceptors (Lipinski definition) is 2. The van der Waals surface area contributed by atoms with E-state index < -0.39 is 0 Å². The molecule has 0 aliphatic carbocycles. The molecule has 0 amide bonds. The molecule has 0 saturated heterocycles. The Hall–Kier alpha value is -1.95. The minimum Gasteiger partial charge on any atom is -0.331 e. The van der Waals surface area contributed by atoms with Gasteiger partial charge in [-0.3, -0.25) is 4.68 Å². The van der Waals surface area contributed by atoms with Crippen LogP contribution in [-0.2, 0) is 20.0 Å². The van der Waals surface area contributed by atoms with E-state index in [-0.39, 0.29) is 5.82 Å². The van der Waals surface area contributed by atoms with Crippen LogP contribution in [0.15, 0.2) is 24.4 Å². The molecule has 0 bridgehead atoms. The molecule has 4 nitrogen and oxygen atoms in total. The fraction of sp³-hybridized carbons (Fsp3) is 0.286. The minimum absolute atomic E-state index is 0.262. The van der Waals surface area contributed by atoms with E-state index in [1.54, 1.807) is 10.7 Å². The lowest BCUT2D eigenvalue weighted by Crippen LogP contribution is -2.01. The summed E-state index contributed by atoms with van der Waals surface area (Å²) < 4.78 is 17.7. The lowest BCUT2D eigenvalue weighted by molar-refractivity contribution is 0.628.